The third kappa shape index (κ3) is 13.7. The second kappa shape index (κ2) is 14.6. The smallest absolute Gasteiger partial charge is 0.385 e. The van der Waals surface area contributed by atoms with Gasteiger partial charge >= 0.3 is 15.6 Å². The fraction of sp³-hybridized carbons (Fsp3) is 0.476. The average molecular weight is 584 g/mol. The second-order valence-electron chi connectivity index (χ2n) is 8.75. The highest BCUT2D eigenvalue weighted by Crippen LogP contribution is 2.39. The molecule has 0 aliphatic carbocycles. The van der Waals surface area contributed by atoms with Crippen LogP contribution in [-0.2, 0) is 21.2 Å². The molecule has 210 valence electrons. The molecule has 2 atom stereocenters. The fourth-order valence-electron chi connectivity index (χ4n) is 4.09. The number of amides is 1. The van der Waals surface area contributed by atoms with Crippen LogP contribution in [0.25, 0.3) is 0 Å². The van der Waals surface area contributed by atoms with Crippen molar-refractivity contribution in [3.8, 4) is 0 Å². The van der Waals surface area contributed by atoms with E-state index in [0.29, 0.717) is 17.5 Å². The van der Waals surface area contributed by atoms with Crippen molar-refractivity contribution < 1.29 is 48.4 Å². The number of hydrogen-bond donors (Lipinski definition) is 8. The molecular weight excluding hydrogens is 548 g/mol. The summed E-state index contributed by atoms with van der Waals surface area (Å²) in [4.78, 5) is 59.6. The number of hydrogen-bond acceptors (Lipinski definition) is 7. The molecule has 2 heterocycles. The number of thiophene rings is 1. The molecule has 0 unspecified atom stereocenters. The molecule has 0 spiro atoms. The van der Waals surface area contributed by atoms with Crippen molar-refractivity contribution in [2.24, 2.45) is 11.7 Å². The number of phosphoric acid groups is 2. The Bertz CT molecular complexity index is 1040. The molecule has 1 aliphatic rings. The summed E-state index contributed by atoms with van der Waals surface area (Å²) in [6.45, 7) is 3.33. The normalized spacial score (nSPS) is 20.4. The van der Waals surface area contributed by atoms with Gasteiger partial charge in [-0.05, 0) is 61.0 Å². The summed E-state index contributed by atoms with van der Waals surface area (Å²) in [5.74, 6) is -0.480. The van der Waals surface area contributed by atoms with Gasteiger partial charge < -0.3 is 50.0 Å². The van der Waals surface area contributed by atoms with Gasteiger partial charge in [-0.15, -0.1) is 0 Å². The zero-order valence-electron chi connectivity index (χ0n) is 20.5. The van der Waals surface area contributed by atoms with Gasteiger partial charge in [0.1, 0.15) is 0 Å². The van der Waals surface area contributed by atoms with Crippen molar-refractivity contribution in [1.82, 2.24) is 9.80 Å². The summed E-state index contributed by atoms with van der Waals surface area (Å²) in [5.41, 5.74) is 7.00. The molecule has 1 fully saturated rings. The number of nitrogens with zero attached hydrogens (tertiary/aromatic N) is 2. The van der Waals surface area contributed by atoms with Gasteiger partial charge in [-0.1, -0.05) is 18.2 Å². The van der Waals surface area contributed by atoms with Crippen molar-refractivity contribution >= 4 is 32.9 Å². The lowest BCUT2D eigenvalue weighted by atomic mass is 9.74. The Morgan fingerprint density at radius 3 is 2.16 bits per heavy atom. The first-order chi connectivity index (χ1) is 16.9. The van der Waals surface area contributed by atoms with E-state index in [2.05, 4.69) is 26.6 Å². The molecule has 0 radical (unpaired) electrons. The predicted molar refractivity (Wildman–Crippen MR) is 139 cm³/mol. The monoisotopic (exact) mass is 583 g/mol. The molecule has 1 aromatic carbocycles. The van der Waals surface area contributed by atoms with E-state index in [0.717, 1.165) is 32.6 Å². The Morgan fingerprint density at radius 2 is 1.68 bits per heavy atom. The summed E-state index contributed by atoms with van der Waals surface area (Å²) in [5, 5.41) is 16.0. The molecule has 1 amide bonds. The maximum Gasteiger partial charge on any atom is 0.466 e. The van der Waals surface area contributed by atoms with E-state index >= 15 is 0 Å². The molecule has 1 aliphatic heterocycles. The van der Waals surface area contributed by atoms with E-state index in [1.807, 2.05) is 26.2 Å². The maximum atomic E-state index is 11.9. The van der Waals surface area contributed by atoms with Gasteiger partial charge in [-0.25, -0.2) is 9.13 Å². The van der Waals surface area contributed by atoms with Gasteiger partial charge in [0.05, 0.1) is 5.60 Å². The molecular formula is C21H35N3O10P2S. The number of carbonyl (C=O) groups excluding carboxylic acids is 1. The molecule has 1 aromatic heterocycles. The lowest BCUT2D eigenvalue weighted by Gasteiger charge is -2.46. The van der Waals surface area contributed by atoms with Gasteiger partial charge in [0.25, 0.3) is 0 Å². The Morgan fingerprint density at radius 1 is 1.11 bits per heavy atom. The van der Waals surface area contributed by atoms with E-state index in [1.165, 1.54) is 5.56 Å². The van der Waals surface area contributed by atoms with Gasteiger partial charge in [0.15, 0.2) is 0 Å². The highest BCUT2D eigenvalue weighted by molar-refractivity contribution is 7.45. The number of carbonyl (C=O) groups is 1. The van der Waals surface area contributed by atoms with Gasteiger partial charge in [-0.3, -0.25) is 4.79 Å². The number of rotatable bonds is 7. The third-order valence-electron chi connectivity index (χ3n) is 5.50. The Balaban J connectivity index is 0.000000583. The number of benzene rings is 1. The summed E-state index contributed by atoms with van der Waals surface area (Å²) in [6.07, 6.45) is 1.62. The van der Waals surface area contributed by atoms with Crippen LogP contribution in [-0.4, -0.2) is 90.4 Å². The zero-order chi connectivity index (χ0) is 28.4. The van der Waals surface area contributed by atoms with E-state index in [4.69, 9.17) is 44.2 Å². The molecule has 13 nitrogen and oxygen atoms in total. The number of primary amides is 1. The molecule has 2 aromatic rings. The summed E-state index contributed by atoms with van der Waals surface area (Å²) in [6, 6.07) is 9.40. The minimum Gasteiger partial charge on any atom is -0.385 e. The standard InChI is InChI=1S/C21H29N3O2S.2H3O4P/c1-23(2)13-17-14-24(10-7-16-8-12-27-15-16)11-9-21(17,26)19-6-4-3-5-18(19)20(22)25;2*1-5(2,3)4/h3-6,8,12,15,17,26H,7,9-11,13-14H2,1-2H3,(H2,22,25);2*(H3,1,2,3,4)/t17-,21+;;/m0../s1. The molecule has 9 N–H and O–H groups in total. The molecule has 0 bridgehead atoms. The van der Waals surface area contributed by atoms with E-state index < -0.39 is 27.2 Å². The first-order valence-electron chi connectivity index (χ1n) is 11.0. The maximum absolute atomic E-state index is 11.9. The first-order valence-corrected chi connectivity index (χ1v) is 15.0. The number of aliphatic hydroxyl groups is 1. The molecule has 37 heavy (non-hydrogen) atoms. The minimum absolute atomic E-state index is 0.00391. The van der Waals surface area contributed by atoms with Crippen LogP contribution in [0.3, 0.4) is 0 Å². The van der Waals surface area contributed by atoms with Crippen LogP contribution in [0.1, 0.15) is 27.9 Å². The molecule has 0 saturated carbocycles. The van der Waals surface area contributed by atoms with Crippen LogP contribution in [0, 0.1) is 5.92 Å². The largest absolute Gasteiger partial charge is 0.466 e. The summed E-state index contributed by atoms with van der Waals surface area (Å²) >= 11 is 1.73. The van der Waals surface area contributed by atoms with Crippen LogP contribution in [0.15, 0.2) is 41.1 Å². The summed E-state index contributed by atoms with van der Waals surface area (Å²) < 4.78 is 17.8. The highest BCUT2D eigenvalue weighted by Gasteiger charge is 2.44. The third-order valence-corrected chi connectivity index (χ3v) is 6.24. The van der Waals surface area contributed by atoms with Gasteiger partial charge in [0, 0.05) is 37.7 Å². The first kappa shape index (κ1) is 33.5. The molecule has 3 rings (SSSR count). The van der Waals surface area contributed by atoms with Crippen LogP contribution in [0.2, 0.25) is 0 Å². The number of piperidine rings is 1. The zero-order valence-corrected chi connectivity index (χ0v) is 23.1. The van der Waals surface area contributed by atoms with E-state index in [1.54, 1.807) is 23.5 Å². The van der Waals surface area contributed by atoms with Gasteiger partial charge in [0.2, 0.25) is 5.91 Å². The fourth-order valence-corrected chi connectivity index (χ4v) is 4.79. The van der Waals surface area contributed by atoms with Gasteiger partial charge in [-0.2, -0.15) is 11.3 Å². The Labute approximate surface area is 219 Å². The van der Waals surface area contributed by atoms with E-state index in [-0.39, 0.29) is 5.92 Å². The number of nitrogens with two attached hydrogens (primary N) is 1. The Kier molecular flexibility index (Phi) is 13.2. The van der Waals surface area contributed by atoms with Crippen LogP contribution in [0.4, 0.5) is 0 Å². The lowest BCUT2D eigenvalue weighted by molar-refractivity contribution is -0.0846. The summed E-state index contributed by atoms with van der Waals surface area (Å²) in [7, 11) is -5.24. The van der Waals surface area contributed by atoms with Crippen molar-refractivity contribution in [2.45, 2.75) is 18.4 Å². The van der Waals surface area contributed by atoms with E-state index in [9.17, 15) is 9.90 Å². The quantitative estimate of drug-likeness (QED) is 0.206. The topological polar surface area (TPSA) is 225 Å². The minimum atomic E-state index is -4.64. The van der Waals surface area contributed by atoms with Crippen LogP contribution >= 0.6 is 27.0 Å². The van der Waals surface area contributed by atoms with Crippen molar-refractivity contribution in [3.63, 3.8) is 0 Å². The number of likely N-dealkylation sites (tertiary alicyclic amines) is 1. The van der Waals surface area contributed by atoms with Crippen molar-refractivity contribution in [1.29, 1.82) is 0 Å². The lowest BCUT2D eigenvalue weighted by Crippen LogP contribution is -2.54. The SMILES string of the molecule is CN(C)C[C@H]1CN(CCc2ccsc2)CC[C@]1(O)c1ccccc1C(N)=O.O=P(O)(O)O.O=P(O)(O)O. The van der Waals surface area contributed by atoms with Crippen molar-refractivity contribution in [2.75, 3.05) is 40.3 Å². The van der Waals surface area contributed by atoms with Crippen LogP contribution < -0.4 is 5.73 Å². The second-order valence-corrected chi connectivity index (χ2v) is 11.6. The highest BCUT2D eigenvalue weighted by atomic mass is 32.1. The Hall–Kier alpha value is -1.51. The molecule has 16 heteroatoms. The van der Waals surface area contributed by atoms with Crippen molar-refractivity contribution in [3.05, 3.63) is 57.8 Å². The van der Waals surface area contributed by atoms with Crippen LogP contribution in [0.5, 0.6) is 0 Å². The predicted octanol–water partition coefficient (Wildman–Crippen LogP) is 0.304. The average Bonchev–Trinajstić information content (AvgIpc) is 3.25. The molecule has 1 saturated heterocycles.